The van der Waals surface area contributed by atoms with Crippen LogP contribution in [-0.4, -0.2) is 72.2 Å². The molecule has 8 nitrogen and oxygen atoms in total. The maximum absolute atomic E-state index is 11.0. The fraction of sp³-hybridized carbons (Fsp3) is 0.481. The van der Waals surface area contributed by atoms with Gasteiger partial charge < -0.3 is 14.5 Å². The molecule has 3 heterocycles. The van der Waals surface area contributed by atoms with Crippen molar-refractivity contribution in [2.24, 2.45) is 0 Å². The number of aryl methyl sites for hydroxylation is 1. The van der Waals surface area contributed by atoms with E-state index in [0.717, 1.165) is 44.1 Å². The molecule has 0 aliphatic carbocycles. The maximum Gasteiger partial charge on any atom is 0.313 e. The Morgan fingerprint density at radius 1 is 0.857 bits per heavy atom. The first kappa shape index (κ1) is 25.0. The number of benzene rings is 2. The number of aromatic amines is 1. The van der Waals surface area contributed by atoms with Crippen molar-refractivity contribution in [1.29, 1.82) is 0 Å². The molecule has 1 N–H and O–H groups in total. The second kappa shape index (κ2) is 12.6. The standard InChI is InChI=1S/C14H18N2O.C13H18N2O3/c1-2-9-16(8-1)10-11-17-13-5-3-4-12-6-7-15-14(12)13;1-11-5-4-6-12(13(11)15(16)17)18-10-9-14-7-2-3-8-14/h3-7,15H,1-2,8-11H2;4-6H,2-3,7-10H2,1H3. The first-order valence-electron chi connectivity index (χ1n) is 12.6. The first-order valence-corrected chi connectivity index (χ1v) is 12.6. The van der Waals surface area contributed by atoms with E-state index in [2.05, 4.69) is 26.9 Å². The number of nitrogens with zero attached hydrogens (tertiary/aromatic N) is 3. The molecule has 0 atom stereocenters. The van der Waals surface area contributed by atoms with E-state index in [1.807, 2.05) is 18.3 Å². The van der Waals surface area contributed by atoms with Crippen LogP contribution in [-0.2, 0) is 0 Å². The van der Waals surface area contributed by atoms with E-state index in [-0.39, 0.29) is 10.6 Å². The summed E-state index contributed by atoms with van der Waals surface area (Å²) in [6, 6.07) is 13.4. The van der Waals surface area contributed by atoms with Gasteiger partial charge in [0.2, 0.25) is 0 Å². The summed E-state index contributed by atoms with van der Waals surface area (Å²) in [5.74, 6) is 1.34. The molecule has 5 rings (SSSR count). The Morgan fingerprint density at radius 2 is 1.43 bits per heavy atom. The Kier molecular flexibility index (Phi) is 8.97. The normalized spacial score (nSPS) is 16.3. The van der Waals surface area contributed by atoms with Gasteiger partial charge in [0.25, 0.3) is 0 Å². The van der Waals surface area contributed by atoms with E-state index in [1.165, 1.54) is 44.2 Å². The SMILES string of the molecule is Cc1cccc(OCCN2CCCC2)c1[N+](=O)[O-].c1cc(OCCN2CCCC2)c2[nH]ccc2c1. The van der Waals surface area contributed by atoms with Crippen molar-refractivity contribution in [2.75, 3.05) is 52.5 Å². The smallest absolute Gasteiger partial charge is 0.313 e. The minimum atomic E-state index is -0.374. The van der Waals surface area contributed by atoms with Gasteiger partial charge in [0.1, 0.15) is 19.0 Å². The van der Waals surface area contributed by atoms with E-state index in [1.54, 1.807) is 25.1 Å². The number of hydrogen-bond acceptors (Lipinski definition) is 6. The van der Waals surface area contributed by atoms with Crippen molar-refractivity contribution in [3.05, 3.63) is 64.3 Å². The molecule has 0 unspecified atom stereocenters. The van der Waals surface area contributed by atoms with Gasteiger partial charge in [-0.1, -0.05) is 24.3 Å². The average Bonchev–Trinajstić information content (AvgIpc) is 3.62. The topological polar surface area (TPSA) is 83.9 Å². The van der Waals surface area contributed by atoms with Crippen LogP contribution >= 0.6 is 0 Å². The van der Waals surface area contributed by atoms with Crippen molar-refractivity contribution in [1.82, 2.24) is 14.8 Å². The zero-order valence-electron chi connectivity index (χ0n) is 20.6. The minimum absolute atomic E-state index is 0.0823. The van der Waals surface area contributed by atoms with Crippen LogP contribution in [0.3, 0.4) is 0 Å². The van der Waals surface area contributed by atoms with Gasteiger partial charge in [-0.3, -0.25) is 19.9 Å². The molecule has 2 fully saturated rings. The van der Waals surface area contributed by atoms with Crippen molar-refractivity contribution < 1.29 is 14.4 Å². The average molecular weight is 481 g/mol. The summed E-state index contributed by atoms with van der Waals surface area (Å²) in [5, 5.41) is 12.2. The zero-order valence-corrected chi connectivity index (χ0v) is 20.6. The second-order valence-electron chi connectivity index (χ2n) is 9.17. The van der Waals surface area contributed by atoms with E-state index < -0.39 is 0 Å². The number of nitrogens with one attached hydrogen (secondary N) is 1. The van der Waals surface area contributed by atoms with Crippen LogP contribution in [0.2, 0.25) is 0 Å². The number of nitro groups is 1. The molecule has 0 bridgehead atoms. The Hall–Kier alpha value is -3.10. The fourth-order valence-electron chi connectivity index (χ4n) is 4.74. The van der Waals surface area contributed by atoms with Gasteiger partial charge in [0.15, 0.2) is 5.75 Å². The highest BCUT2D eigenvalue weighted by Crippen LogP contribution is 2.30. The molecular formula is C27H36N4O4. The molecule has 35 heavy (non-hydrogen) atoms. The van der Waals surface area contributed by atoms with Crippen LogP contribution in [0.4, 0.5) is 5.69 Å². The first-order chi connectivity index (χ1) is 17.1. The number of fused-ring (bicyclic) bond motifs is 1. The van der Waals surface area contributed by atoms with Gasteiger partial charge >= 0.3 is 5.69 Å². The van der Waals surface area contributed by atoms with Crippen LogP contribution < -0.4 is 9.47 Å². The molecule has 2 saturated heterocycles. The van der Waals surface area contributed by atoms with E-state index in [0.29, 0.717) is 17.9 Å². The lowest BCUT2D eigenvalue weighted by atomic mass is 10.2. The second-order valence-corrected chi connectivity index (χ2v) is 9.17. The molecule has 2 aliphatic rings. The van der Waals surface area contributed by atoms with Gasteiger partial charge in [0.05, 0.1) is 10.4 Å². The monoisotopic (exact) mass is 480 g/mol. The number of ether oxygens (including phenoxy) is 2. The summed E-state index contributed by atoms with van der Waals surface area (Å²) in [5.41, 5.74) is 1.83. The van der Waals surface area contributed by atoms with E-state index in [4.69, 9.17) is 9.47 Å². The van der Waals surface area contributed by atoms with Gasteiger partial charge in [0, 0.05) is 30.2 Å². The highest BCUT2D eigenvalue weighted by molar-refractivity contribution is 5.85. The third kappa shape index (κ3) is 6.96. The van der Waals surface area contributed by atoms with Gasteiger partial charge in [-0.15, -0.1) is 0 Å². The van der Waals surface area contributed by atoms with E-state index >= 15 is 0 Å². The Balaban J connectivity index is 0.000000165. The summed E-state index contributed by atoms with van der Waals surface area (Å²) in [4.78, 5) is 18.6. The molecule has 1 aromatic heterocycles. The third-order valence-electron chi connectivity index (χ3n) is 6.66. The highest BCUT2D eigenvalue weighted by Gasteiger charge is 2.18. The summed E-state index contributed by atoms with van der Waals surface area (Å²) < 4.78 is 11.4. The lowest BCUT2D eigenvalue weighted by molar-refractivity contribution is -0.386. The predicted octanol–water partition coefficient (Wildman–Crippen LogP) is 5.02. The van der Waals surface area contributed by atoms with Crippen LogP contribution in [0.25, 0.3) is 10.9 Å². The minimum Gasteiger partial charge on any atom is -0.490 e. The summed E-state index contributed by atoms with van der Waals surface area (Å²) in [6.07, 6.45) is 7.12. The highest BCUT2D eigenvalue weighted by atomic mass is 16.6. The number of likely N-dealkylation sites (tertiary alicyclic amines) is 2. The summed E-state index contributed by atoms with van der Waals surface area (Å²) >= 11 is 0. The Bertz CT molecular complexity index is 1090. The molecule has 0 amide bonds. The molecule has 2 aromatic carbocycles. The molecule has 0 spiro atoms. The number of rotatable bonds is 9. The zero-order chi connectivity index (χ0) is 24.5. The molecule has 8 heteroatoms. The van der Waals surface area contributed by atoms with Crippen molar-refractivity contribution in [2.45, 2.75) is 32.6 Å². The van der Waals surface area contributed by atoms with Crippen LogP contribution in [0, 0.1) is 17.0 Å². The lowest BCUT2D eigenvalue weighted by Gasteiger charge is -2.15. The van der Waals surface area contributed by atoms with E-state index in [9.17, 15) is 10.1 Å². The Morgan fingerprint density at radius 3 is 2.06 bits per heavy atom. The van der Waals surface area contributed by atoms with Gasteiger partial charge in [-0.05, 0) is 77.0 Å². The van der Waals surface area contributed by atoms with Crippen molar-refractivity contribution in [3.63, 3.8) is 0 Å². The van der Waals surface area contributed by atoms with Gasteiger partial charge in [-0.25, -0.2) is 0 Å². The van der Waals surface area contributed by atoms with Crippen LogP contribution in [0.5, 0.6) is 11.5 Å². The molecule has 2 aliphatic heterocycles. The Labute approximate surface area is 207 Å². The quantitative estimate of drug-likeness (QED) is 0.342. The fourth-order valence-corrected chi connectivity index (χ4v) is 4.74. The van der Waals surface area contributed by atoms with Crippen LogP contribution in [0.15, 0.2) is 48.7 Å². The molecule has 0 saturated carbocycles. The van der Waals surface area contributed by atoms with Crippen molar-refractivity contribution >= 4 is 16.6 Å². The molecule has 3 aromatic rings. The summed E-state index contributed by atoms with van der Waals surface area (Å²) in [6.45, 7) is 9.57. The summed E-state index contributed by atoms with van der Waals surface area (Å²) in [7, 11) is 0. The van der Waals surface area contributed by atoms with Crippen LogP contribution in [0.1, 0.15) is 31.2 Å². The number of para-hydroxylation sites is 2. The molecular weight excluding hydrogens is 444 g/mol. The number of H-pyrrole nitrogens is 1. The number of nitro benzene ring substituents is 1. The lowest BCUT2D eigenvalue weighted by Crippen LogP contribution is -2.25. The molecule has 0 radical (unpaired) electrons. The number of aromatic nitrogens is 1. The molecule has 188 valence electrons. The van der Waals surface area contributed by atoms with Gasteiger partial charge in [-0.2, -0.15) is 0 Å². The predicted molar refractivity (Wildman–Crippen MR) is 138 cm³/mol. The third-order valence-corrected chi connectivity index (χ3v) is 6.66. The maximum atomic E-state index is 11.0. The largest absolute Gasteiger partial charge is 0.490 e. The number of hydrogen-bond donors (Lipinski definition) is 1. The van der Waals surface area contributed by atoms with Crippen molar-refractivity contribution in [3.8, 4) is 11.5 Å².